The van der Waals surface area contributed by atoms with Crippen molar-refractivity contribution in [2.75, 3.05) is 11.9 Å². The number of thiocarbonyl (C=S) groups is 1. The highest BCUT2D eigenvalue weighted by Crippen LogP contribution is 2.27. The summed E-state index contributed by atoms with van der Waals surface area (Å²) in [5.74, 6) is 1.69. The summed E-state index contributed by atoms with van der Waals surface area (Å²) in [4.78, 5) is 8.65. The van der Waals surface area contributed by atoms with Crippen LogP contribution in [0.2, 0.25) is 0 Å². The summed E-state index contributed by atoms with van der Waals surface area (Å²) < 4.78 is 0. The van der Waals surface area contributed by atoms with Gasteiger partial charge in [-0.15, -0.1) is 0 Å². The van der Waals surface area contributed by atoms with Gasteiger partial charge in [-0.25, -0.2) is 9.97 Å². The van der Waals surface area contributed by atoms with Crippen LogP contribution in [0.25, 0.3) is 0 Å². The summed E-state index contributed by atoms with van der Waals surface area (Å²) in [6, 6.07) is 0. The van der Waals surface area contributed by atoms with Gasteiger partial charge in [-0.1, -0.05) is 37.9 Å². The standard InChI is InChI=1S/C12H18N4S/c13-12(17)10-7-16-11(8-15-10)14-6-5-9-3-1-2-4-9/h7-9H,1-6H2,(H2,13,17)(H,14,16). The van der Waals surface area contributed by atoms with Crippen LogP contribution in [-0.2, 0) is 0 Å². The van der Waals surface area contributed by atoms with Crippen molar-refractivity contribution in [3.63, 3.8) is 0 Å². The van der Waals surface area contributed by atoms with Crippen LogP contribution in [0.5, 0.6) is 0 Å². The van der Waals surface area contributed by atoms with Crippen molar-refractivity contribution >= 4 is 23.0 Å². The second kappa shape index (κ2) is 5.91. The van der Waals surface area contributed by atoms with Gasteiger partial charge in [0.05, 0.1) is 12.4 Å². The second-order valence-electron chi connectivity index (χ2n) is 4.52. The summed E-state index contributed by atoms with van der Waals surface area (Å²) in [7, 11) is 0. The minimum Gasteiger partial charge on any atom is -0.388 e. The quantitative estimate of drug-likeness (QED) is 0.784. The Labute approximate surface area is 107 Å². The Hall–Kier alpha value is -1.23. The average molecular weight is 250 g/mol. The van der Waals surface area contributed by atoms with Crippen molar-refractivity contribution in [3.05, 3.63) is 18.1 Å². The molecule has 1 heterocycles. The van der Waals surface area contributed by atoms with Crippen LogP contribution in [0.15, 0.2) is 12.4 Å². The van der Waals surface area contributed by atoms with Crippen LogP contribution in [0.1, 0.15) is 37.8 Å². The van der Waals surface area contributed by atoms with Gasteiger partial charge in [0.2, 0.25) is 0 Å². The van der Waals surface area contributed by atoms with E-state index in [0.717, 1.165) is 18.3 Å². The third kappa shape index (κ3) is 3.63. The Kier molecular flexibility index (Phi) is 4.25. The molecule has 0 bridgehead atoms. The van der Waals surface area contributed by atoms with E-state index >= 15 is 0 Å². The minimum atomic E-state index is 0.287. The highest BCUT2D eigenvalue weighted by Gasteiger charge is 2.14. The van der Waals surface area contributed by atoms with E-state index in [1.165, 1.54) is 32.1 Å². The van der Waals surface area contributed by atoms with Gasteiger partial charge in [0, 0.05) is 6.54 Å². The first-order valence-corrected chi connectivity index (χ1v) is 6.52. The molecule has 17 heavy (non-hydrogen) atoms. The molecule has 4 nitrogen and oxygen atoms in total. The molecule has 1 aromatic rings. The first-order chi connectivity index (χ1) is 8.25. The third-order valence-electron chi connectivity index (χ3n) is 3.24. The smallest absolute Gasteiger partial charge is 0.144 e. The second-order valence-corrected chi connectivity index (χ2v) is 4.96. The lowest BCUT2D eigenvalue weighted by Crippen LogP contribution is -2.13. The van der Waals surface area contributed by atoms with Crippen LogP contribution >= 0.6 is 12.2 Å². The summed E-state index contributed by atoms with van der Waals surface area (Å²) in [6.07, 6.45) is 10.1. The highest BCUT2D eigenvalue weighted by atomic mass is 32.1. The van der Waals surface area contributed by atoms with Gasteiger partial charge in [0.15, 0.2) is 0 Å². The third-order valence-corrected chi connectivity index (χ3v) is 3.45. The molecule has 1 aliphatic rings. The number of anilines is 1. The number of hydrogen-bond acceptors (Lipinski definition) is 4. The summed E-state index contributed by atoms with van der Waals surface area (Å²) >= 11 is 4.82. The van der Waals surface area contributed by atoms with Gasteiger partial charge in [-0.05, 0) is 12.3 Å². The van der Waals surface area contributed by atoms with Gasteiger partial charge < -0.3 is 11.1 Å². The van der Waals surface area contributed by atoms with Crippen molar-refractivity contribution < 1.29 is 0 Å². The fourth-order valence-corrected chi connectivity index (χ4v) is 2.36. The van der Waals surface area contributed by atoms with E-state index in [-0.39, 0.29) is 4.99 Å². The van der Waals surface area contributed by atoms with E-state index in [1.807, 2.05) is 0 Å². The maximum Gasteiger partial charge on any atom is 0.144 e. The van der Waals surface area contributed by atoms with E-state index in [2.05, 4.69) is 15.3 Å². The van der Waals surface area contributed by atoms with Gasteiger partial charge >= 0.3 is 0 Å². The molecule has 92 valence electrons. The molecule has 0 unspecified atom stereocenters. The lowest BCUT2D eigenvalue weighted by molar-refractivity contribution is 0.518. The predicted molar refractivity (Wildman–Crippen MR) is 73.0 cm³/mol. The molecule has 0 radical (unpaired) electrons. The molecular formula is C12H18N4S. The molecule has 0 amide bonds. The molecule has 3 N–H and O–H groups in total. The molecule has 0 atom stereocenters. The SMILES string of the molecule is NC(=S)c1cnc(NCCC2CCCC2)cn1. The number of hydrogen-bond donors (Lipinski definition) is 2. The average Bonchev–Trinajstić information content (AvgIpc) is 2.83. The fraction of sp³-hybridized carbons (Fsp3) is 0.583. The lowest BCUT2D eigenvalue weighted by atomic mass is 10.0. The van der Waals surface area contributed by atoms with E-state index in [9.17, 15) is 0 Å². The van der Waals surface area contributed by atoms with E-state index in [1.54, 1.807) is 12.4 Å². The van der Waals surface area contributed by atoms with Crippen LogP contribution in [0.4, 0.5) is 5.82 Å². The Morgan fingerprint density at radius 3 is 2.71 bits per heavy atom. The summed E-state index contributed by atoms with van der Waals surface area (Å²) in [6.45, 7) is 0.964. The van der Waals surface area contributed by atoms with Crippen LogP contribution in [-0.4, -0.2) is 21.5 Å². The molecule has 2 rings (SSSR count). The van der Waals surface area contributed by atoms with Gasteiger partial charge in [0.25, 0.3) is 0 Å². The number of nitrogens with two attached hydrogens (primary N) is 1. The van der Waals surface area contributed by atoms with Crippen molar-refractivity contribution in [3.8, 4) is 0 Å². The monoisotopic (exact) mass is 250 g/mol. The van der Waals surface area contributed by atoms with Crippen LogP contribution < -0.4 is 11.1 Å². The zero-order chi connectivity index (χ0) is 12.1. The van der Waals surface area contributed by atoms with E-state index < -0.39 is 0 Å². The van der Waals surface area contributed by atoms with Gasteiger partial charge in [-0.3, -0.25) is 0 Å². The largest absolute Gasteiger partial charge is 0.388 e. The first-order valence-electron chi connectivity index (χ1n) is 6.11. The zero-order valence-electron chi connectivity index (χ0n) is 9.85. The van der Waals surface area contributed by atoms with Gasteiger partial charge in [0.1, 0.15) is 16.5 Å². The minimum absolute atomic E-state index is 0.287. The molecule has 5 heteroatoms. The molecule has 0 aliphatic heterocycles. The van der Waals surface area contributed by atoms with Gasteiger partial charge in [-0.2, -0.15) is 0 Å². The number of rotatable bonds is 5. The number of nitrogens with one attached hydrogen (secondary N) is 1. The normalized spacial score (nSPS) is 16.0. The molecular weight excluding hydrogens is 232 g/mol. The first kappa shape index (κ1) is 12.2. The molecule has 0 spiro atoms. The Bertz CT molecular complexity index is 371. The Balaban J connectivity index is 1.76. The van der Waals surface area contributed by atoms with E-state index in [0.29, 0.717) is 5.69 Å². The van der Waals surface area contributed by atoms with Crippen LogP contribution in [0, 0.1) is 5.92 Å². The van der Waals surface area contributed by atoms with Crippen molar-refractivity contribution in [1.82, 2.24) is 9.97 Å². The maximum atomic E-state index is 5.46. The highest BCUT2D eigenvalue weighted by molar-refractivity contribution is 7.80. The predicted octanol–water partition coefficient (Wildman–Crippen LogP) is 2.10. The Morgan fingerprint density at radius 2 is 2.12 bits per heavy atom. The fourth-order valence-electron chi connectivity index (χ4n) is 2.25. The molecule has 0 saturated heterocycles. The topological polar surface area (TPSA) is 63.8 Å². The molecule has 0 aromatic carbocycles. The summed E-state index contributed by atoms with van der Waals surface area (Å²) in [5.41, 5.74) is 6.03. The Morgan fingerprint density at radius 1 is 1.35 bits per heavy atom. The molecule has 1 aliphatic carbocycles. The lowest BCUT2D eigenvalue weighted by Gasteiger charge is -2.10. The van der Waals surface area contributed by atoms with Crippen molar-refractivity contribution in [2.45, 2.75) is 32.1 Å². The van der Waals surface area contributed by atoms with Crippen molar-refractivity contribution in [1.29, 1.82) is 0 Å². The number of nitrogens with zero attached hydrogens (tertiary/aromatic N) is 2. The van der Waals surface area contributed by atoms with E-state index in [4.69, 9.17) is 18.0 Å². The maximum absolute atomic E-state index is 5.46. The zero-order valence-corrected chi connectivity index (χ0v) is 10.7. The molecule has 1 fully saturated rings. The molecule has 1 saturated carbocycles. The summed E-state index contributed by atoms with van der Waals surface area (Å²) in [5, 5.41) is 3.28. The molecule has 1 aromatic heterocycles. The van der Waals surface area contributed by atoms with Crippen molar-refractivity contribution in [2.24, 2.45) is 11.7 Å². The van der Waals surface area contributed by atoms with Crippen LogP contribution in [0.3, 0.4) is 0 Å². The number of aromatic nitrogens is 2.